The Balaban J connectivity index is 1.72. The molecule has 6 heteroatoms. The second kappa shape index (κ2) is 7.31. The first kappa shape index (κ1) is 17.5. The van der Waals surface area contributed by atoms with E-state index in [1.165, 1.54) is 0 Å². The van der Waals surface area contributed by atoms with Crippen LogP contribution >= 0.6 is 0 Å². The average Bonchev–Trinajstić information content (AvgIpc) is 3.04. The minimum absolute atomic E-state index is 0.323. The van der Waals surface area contributed by atoms with Gasteiger partial charge in [-0.3, -0.25) is 0 Å². The summed E-state index contributed by atoms with van der Waals surface area (Å²) in [5, 5.41) is 4.12. The number of ether oxygens (including phenoxy) is 1. The minimum atomic E-state index is 0.323. The molecule has 0 unspecified atom stereocenters. The molecule has 0 bridgehead atoms. The zero-order valence-electron chi connectivity index (χ0n) is 15.1. The van der Waals surface area contributed by atoms with Crippen molar-refractivity contribution in [2.45, 2.75) is 27.2 Å². The quantitative estimate of drug-likeness (QED) is 0.669. The Hall–Kier alpha value is -3.28. The van der Waals surface area contributed by atoms with Crippen LogP contribution in [0.15, 0.2) is 58.3 Å². The summed E-state index contributed by atoms with van der Waals surface area (Å²) in [6.07, 6.45) is 0.647. The van der Waals surface area contributed by atoms with E-state index in [-0.39, 0.29) is 0 Å². The first-order valence-electron chi connectivity index (χ1n) is 8.31. The molecule has 0 saturated heterocycles. The molecule has 2 aromatic heterocycles. The number of benzene rings is 1. The number of allylic oxidation sites excluding steroid dienone is 2. The third kappa shape index (κ3) is 4.03. The fourth-order valence-electron chi connectivity index (χ4n) is 2.38. The van der Waals surface area contributed by atoms with Crippen LogP contribution in [0.25, 0.3) is 11.3 Å². The lowest BCUT2D eigenvalue weighted by Gasteiger charge is -2.08. The van der Waals surface area contributed by atoms with Gasteiger partial charge in [-0.2, -0.15) is 0 Å². The van der Waals surface area contributed by atoms with Crippen molar-refractivity contribution in [3.05, 3.63) is 65.1 Å². The third-order valence-corrected chi connectivity index (χ3v) is 4.05. The van der Waals surface area contributed by atoms with Crippen LogP contribution in [0.2, 0.25) is 0 Å². The molecule has 3 rings (SSSR count). The summed E-state index contributed by atoms with van der Waals surface area (Å²) in [5.74, 6) is 2.99. The maximum absolute atomic E-state index is 5.90. The van der Waals surface area contributed by atoms with Gasteiger partial charge in [-0.05, 0) is 56.2 Å². The van der Waals surface area contributed by atoms with E-state index in [1.807, 2.05) is 51.1 Å². The number of pyridine rings is 1. The lowest BCUT2D eigenvalue weighted by Crippen LogP contribution is -1.97. The van der Waals surface area contributed by atoms with Crippen molar-refractivity contribution in [3.8, 4) is 17.1 Å². The molecule has 3 aromatic rings. The van der Waals surface area contributed by atoms with E-state index < -0.39 is 0 Å². The number of hydrogen-bond acceptors (Lipinski definition) is 6. The standard InChI is InChI=1S/C20H22N4O2/c1-12(2)13(3)25-16-6-4-14(5-7-16)10-15-11-18(26-24-15)17-8-9-19(21)23-20(17)22/h4-9,11H,10H2,1-3H3,(H4,21,22,23). The molecule has 0 fully saturated rings. The number of rotatable bonds is 5. The molecule has 2 heterocycles. The van der Waals surface area contributed by atoms with Crippen LogP contribution < -0.4 is 16.2 Å². The second-order valence-corrected chi connectivity index (χ2v) is 6.33. The van der Waals surface area contributed by atoms with Crippen molar-refractivity contribution in [2.24, 2.45) is 0 Å². The molecule has 6 nitrogen and oxygen atoms in total. The minimum Gasteiger partial charge on any atom is -0.462 e. The Morgan fingerprint density at radius 1 is 1.04 bits per heavy atom. The maximum atomic E-state index is 5.90. The van der Waals surface area contributed by atoms with Crippen LogP contribution in [0.4, 0.5) is 11.6 Å². The number of hydrogen-bond donors (Lipinski definition) is 2. The Bertz CT molecular complexity index is 939. The van der Waals surface area contributed by atoms with Crippen LogP contribution in [0.3, 0.4) is 0 Å². The fraction of sp³-hybridized carbons (Fsp3) is 0.200. The Labute approximate surface area is 152 Å². The third-order valence-electron chi connectivity index (χ3n) is 4.05. The summed E-state index contributed by atoms with van der Waals surface area (Å²) < 4.78 is 11.2. The van der Waals surface area contributed by atoms with Gasteiger partial charge in [0.2, 0.25) is 0 Å². The zero-order chi connectivity index (χ0) is 18.7. The van der Waals surface area contributed by atoms with Gasteiger partial charge in [0, 0.05) is 12.5 Å². The molecule has 0 aliphatic carbocycles. The first-order valence-corrected chi connectivity index (χ1v) is 8.31. The molecule has 0 aliphatic rings. The molecule has 0 spiro atoms. The van der Waals surface area contributed by atoms with Crippen molar-refractivity contribution in [2.75, 3.05) is 11.5 Å². The molecule has 0 saturated carbocycles. The average molecular weight is 350 g/mol. The van der Waals surface area contributed by atoms with Gasteiger partial charge in [-0.1, -0.05) is 17.3 Å². The van der Waals surface area contributed by atoms with Gasteiger partial charge in [0.15, 0.2) is 5.76 Å². The van der Waals surface area contributed by atoms with Crippen molar-refractivity contribution >= 4 is 11.6 Å². The van der Waals surface area contributed by atoms with Crippen LogP contribution in [0.1, 0.15) is 32.0 Å². The van der Waals surface area contributed by atoms with Crippen LogP contribution in [0.5, 0.6) is 5.75 Å². The van der Waals surface area contributed by atoms with E-state index in [0.29, 0.717) is 29.4 Å². The topological polar surface area (TPSA) is 100 Å². The lowest BCUT2D eigenvalue weighted by molar-refractivity contribution is 0.421. The highest BCUT2D eigenvalue weighted by Crippen LogP contribution is 2.27. The van der Waals surface area contributed by atoms with Gasteiger partial charge in [0.1, 0.15) is 17.4 Å². The van der Waals surface area contributed by atoms with Gasteiger partial charge in [0.05, 0.1) is 17.0 Å². The fourth-order valence-corrected chi connectivity index (χ4v) is 2.38. The van der Waals surface area contributed by atoms with E-state index in [9.17, 15) is 0 Å². The summed E-state index contributed by atoms with van der Waals surface area (Å²) in [6.45, 7) is 6.00. The molecule has 1 aromatic carbocycles. The molecule has 0 atom stereocenters. The van der Waals surface area contributed by atoms with Crippen molar-refractivity contribution in [1.29, 1.82) is 0 Å². The van der Waals surface area contributed by atoms with E-state index in [4.69, 9.17) is 20.7 Å². The Kier molecular flexibility index (Phi) is 4.93. The summed E-state index contributed by atoms with van der Waals surface area (Å²) in [7, 11) is 0. The predicted molar refractivity (Wildman–Crippen MR) is 102 cm³/mol. The molecule has 134 valence electrons. The summed E-state index contributed by atoms with van der Waals surface area (Å²) >= 11 is 0. The number of nitrogens with two attached hydrogens (primary N) is 2. The van der Waals surface area contributed by atoms with Gasteiger partial charge >= 0.3 is 0 Å². The zero-order valence-corrected chi connectivity index (χ0v) is 15.1. The summed E-state index contributed by atoms with van der Waals surface area (Å²) in [5.41, 5.74) is 15.3. The SMILES string of the molecule is CC(C)=C(C)Oc1ccc(Cc2cc(-c3ccc(N)nc3N)on2)cc1. The van der Waals surface area contributed by atoms with E-state index in [0.717, 1.165) is 28.3 Å². The van der Waals surface area contributed by atoms with Crippen molar-refractivity contribution < 1.29 is 9.26 Å². The van der Waals surface area contributed by atoms with Gasteiger partial charge in [-0.15, -0.1) is 0 Å². The molecule has 4 N–H and O–H groups in total. The Morgan fingerprint density at radius 2 is 1.77 bits per heavy atom. The Morgan fingerprint density at radius 3 is 2.42 bits per heavy atom. The highest BCUT2D eigenvalue weighted by molar-refractivity contribution is 5.71. The van der Waals surface area contributed by atoms with Crippen LogP contribution in [-0.2, 0) is 6.42 Å². The van der Waals surface area contributed by atoms with Gasteiger partial charge < -0.3 is 20.7 Å². The molecule has 0 radical (unpaired) electrons. The number of aromatic nitrogens is 2. The highest BCUT2D eigenvalue weighted by Gasteiger charge is 2.11. The smallest absolute Gasteiger partial charge is 0.170 e. The lowest BCUT2D eigenvalue weighted by atomic mass is 10.1. The van der Waals surface area contributed by atoms with Gasteiger partial charge in [0.25, 0.3) is 0 Å². The number of anilines is 2. The molecule has 26 heavy (non-hydrogen) atoms. The monoisotopic (exact) mass is 350 g/mol. The normalized spacial score (nSPS) is 10.6. The van der Waals surface area contributed by atoms with E-state index in [2.05, 4.69) is 10.1 Å². The maximum Gasteiger partial charge on any atom is 0.170 e. The molecule has 0 aliphatic heterocycles. The van der Waals surface area contributed by atoms with Gasteiger partial charge in [-0.25, -0.2) is 4.98 Å². The van der Waals surface area contributed by atoms with E-state index in [1.54, 1.807) is 12.1 Å². The molecular formula is C20H22N4O2. The van der Waals surface area contributed by atoms with Crippen molar-refractivity contribution in [1.82, 2.24) is 10.1 Å². The summed E-state index contributed by atoms with van der Waals surface area (Å²) in [4.78, 5) is 4.04. The predicted octanol–water partition coefficient (Wildman–Crippen LogP) is 4.18. The van der Waals surface area contributed by atoms with Crippen LogP contribution in [-0.4, -0.2) is 10.1 Å². The second-order valence-electron chi connectivity index (χ2n) is 6.33. The highest BCUT2D eigenvalue weighted by atomic mass is 16.5. The summed E-state index contributed by atoms with van der Waals surface area (Å²) in [6, 6.07) is 13.2. The largest absolute Gasteiger partial charge is 0.462 e. The number of nitrogen functional groups attached to an aromatic ring is 2. The molecule has 0 amide bonds. The van der Waals surface area contributed by atoms with Crippen LogP contribution in [0, 0.1) is 0 Å². The van der Waals surface area contributed by atoms with E-state index >= 15 is 0 Å². The first-order chi connectivity index (χ1) is 12.4. The van der Waals surface area contributed by atoms with Crippen molar-refractivity contribution in [3.63, 3.8) is 0 Å². The molecular weight excluding hydrogens is 328 g/mol. The number of nitrogens with zero attached hydrogens (tertiary/aromatic N) is 2.